The van der Waals surface area contributed by atoms with Crippen LogP contribution in [0.2, 0.25) is 0 Å². The van der Waals surface area contributed by atoms with Crippen molar-refractivity contribution in [1.29, 1.82) is 0 Å². The first-order valence-corrected chi connectivity index (χ1v) is 8.02. The van der Waals surface area contributed by atoms with Crippen LogP contribution in [-0.4, -0.2) is 42.1 Å². The number of rotatable bonds is 9. The van der Waals surface area contributed by atoms with E-state index >= 15 is 0 Å². The fraction of sp³-hybridized carbons (Fsp3) is 0.471. The number of carbonyl (C=O) groups excluding carboxylic acids is 2. The van der Waals surface area contributed by atoms with Gasteiger partial charge in [-0.05, 0) is 18.1 Å². The SMILES string of the molecule is COCC(=O)N(Cc1ccco1)Cc1cc(C(=O)NCC(C)C)no1. The maximum Gasteiger partial charge on any atom is 0.273 e. The number of hydrogen-bond acceptors (Lipinski definition) is 6. The van der Waals surface area contributed by atoms with Crippen LogP contribution in [0.5, 0.6) is 0 Å². The number of carbonyl (C=O) groups is 2. The maximum atomic E-state index is 12.2. The number of methoxy groups -OCH3 is 1. The summed E-state index contributed by atoms with van der Waals surface area (Å²) in [5, 5.41) is 6.54. The van der Waals surface area contributed by atoms with E-state index in [0.29, 0.717) is 24.0 Å². The summed E-state index contributed by atoms with van der Waals surface area (Å²) in [7, 11) is 1.45. The van der Waals surface area contributed by atoms with Gasteiger partial charge in [-0.15, -0.1) is 0 Å². The first-order chi connectivity index (χ1) is 12.0. The second kappa shape index (κ2) is 9.03. The fourth-order valence-electron chi connectivity index (χ4n) is 2.11. The summed E-state index contributed by atoms with van der Waals surface area (Å²) < 4.78 is 15.4. The average Bonchev–Trinajstić information content (AvgIpc) is 3.24. The van der Waals surface area contributed by atoms with E-state index in [1.54, 1.807) is 18.4 Å². The Morgan fingerprint density at radius 1 is 1.32 bits per heavy atom. The molecule has 0 saturated heterocycles. The van der Waals surface area contributed by atoms with E-state index in [-0.39, 0.29) is 37.2 Å². The molecule has 2 amide bonds. The molecular formula is C17H23N3O5. The van der Waals surface area contributed by atoms with Crippen LogP contribution >= 0.6 is 0 Å². The van der Waals surface area contributed by atoms with E-state index in [1.807, 2.05) is 13.8 Å². The third kappa shape index (κ3) is 5.75. The van der Waals surface area contributed by atoms with Crippen LogP contribution in [0.15, 0.2) is 33.4 Å². The lowest BCUT2D eigenvalue weighted by Crippen LogP contribution is -2.32. The van der Waals surface area contributed by atoms with Crippen LogP contribution in [0.1, 0.15) is 35.9 Å². The first-order valence-electron chi connectivity index (χ1n) is 8.02. The monoisotopic (exact) mass is 349 g/mol. The Labute approximate surface area is 146 Å². The summed E-state index contributed by atoms with van der Waals surface area (Å²) in [6.45, 7) is 4.93. The molecule has 8 heteroatoms. The predicted octanol–water partition coefficient (Wildman–Crippen LogP) is 1.83. The van der Waals surface area contributed by atoms with Gasteiger partial charge in [-0.1, -0.05) is 19.0 Å². The Hall–Kier alpha value is -2.61. The molecule has 2 aromatic rings. The lowest BCUT2D eigenvalue weighted by atomic mass is 10.2. The van der Waals surface area contributed by atoms with Gasteiger partial charge in [-0.2, -0.15) is 0 Å². The Balaban J connectivity index is 2.03. The van der Waals surface area contributed by atoms with Crippen LogP contribution in [0.25, 0.3) is 0 Å². The molecule has 136 valence electrons. The molecular weight excluding hydrogens is 326 g/mol. The van der Waals surface area contributed by atoms with Gasteiger partial charge in [0.2, 0.25) is 5.91 Å². The Morgan fingerprint density at radius 3 is 2.72 bits per heavy atom. The molecule has 2 rings (SSSR count). The Kier molecular flexibility index (Phi) is 6.76. The second-order valence-electron chi connectivity index (χ2n) is 6.04. The number of hydrogen-bond donors (Lipinski definition) is 1. The molecule has 0 spiro atoms. The highest BCUT2D eigenvalue weighted by Gasteiger charge is 2.19. The lowest BCUT2D eigenvalue weighted by Gasteiger charge is -2.19. The van der Waals surface area contributed by atoms with Crippen molar-refractivity contribution < 1.29 is 23.3 Å². The third-order valence-corrected chi connectivity index (χ3v) is 3.36. The van der Waals surface area contributed by atoms with Crippen molar-refractivity contribution in [3.8, 4) is 0 Å². The van der Waals surface area contributed by atoms with Gasteiger partial charge < -0.3 is 23.9 Å². The van der Waals surface area contributed by atoms with Crippen molar-refractivity contribution in [3.05, 3.63) is 41.7 Å². The molecule has 0 aliphatic carbocycles. The van der Waals surface area contributed by atoms with E-state index in [1.165, 1.54) is 18.1 Å². The van der Waals surface area contributed by atoms with Crippen molar-refractivity contribution in [1.82, 2.24) is 15.4 Å². The van der Waals surface area contributed by atoms with Crippen molar-refractivity contribution in [3.63, 3.8) is 0 Å². The van der Waals surface area contributed by atoms with Crippen LogP contribution in [0, 0.1) is 5.92 Å². The largest absolute Gasteiger partial charge is 0.467 e. The van der Waals surface area contributed by atoms with Crippen molar-refractivity contribution in [2.45, 2.75) is 26.9 Å². The van der Waals surface area contributed by atoms with Gasteiger partial charge >= 0.3 is 0 Å². The van der Waals surface area contributed by atoms with Gasteiger partial charge in [-0.25, -0.2) is 0 Å². The van der Waals surface area contributed by atoms with E-state index in [2.05, 4.69) is 10.5 Å². The second-order valence-corrected chi connectivity index (χ2v) is 6.04. The number of aromatic nitrogens is 1. The molecule has 0 aliphatic heterocycles. The smallest absolute Gasteiger partial charge is 0.273 e. The molecule has 0 fully saturated rings. The molecule has 2 heterocycles. The highest BCUT2D eigenvalue weighted by atomic mass is 16.5. The molecule has 1 N–H and O–H groups in total. The molecule has 0 saturated carbocycles. The summed E-state index contributed by atoms with van der Waals surface area (Å²) in [5.74, 6) is 0.862. The van der Waals surface area contributed by atoms with Gasteiger partial charge in [-0.3, -0.25) is 9.59 Å². The van der Waals surface area contributed by atoms with Crippen LogP contribution in [0.4, 0.5) is 0 Å². The van der Waals surface area contributed by atoms with E-state index < -0.39 is 0 Å². The molecule has 25 heavy (non-hydrogen) atoms. The number of amides is 2. The Bertz CT molecular complexity index is 678. The topological polar surface area (TPSA) is 97.8 Å². The minimum Gasteiger partial charge on any atom is -0.467 e. The van der Waals surface area contributed by atoms with Crippen LogP contribution in [0.3, 0.4) is 0 Å². The van der Waals surface area contributed by atoms with E-state index in [4.69, 9.17) is 13.7 Å². The van der Waals surface area contributed by atoms with Gasteiger partial charge in [0.05, 0.1) is 19.4 Å². The minimum atomic E-state index is -0.301. The number of nitrogens with one attached hydrogen (secondary N) is 1. The molecule has 0 atom stereocenters. The van der Waals surface area contributed by atoms with Gasteiger partial charge in [0, 0.05) is 19.7 Å². The molecule has 0 aromatic carbocycles. The highest BCUT2D eigenvalue weighted by Crippen LogP contribution is 2.12. The summed E-state index contributed by atoms with van der Waals surface area (Å²) in [5.41, 5.74) is 0.188. The number of furan rings is 1. The number of nitrogens with zero attached hydrogens (tertiary/aromatic N) is 2. The van der Waals surface area contributed by atoms with Crippen molar-refractivity contribution >= 4 is 11.8 Å². The molecule has 0 unspecified atom stereocenters. The fourth-order valence-corrected chi connectivity index (χ4v) is 2.11. The number of ether oxygens (including phenoxy) is 1. The zero-order chi connectivity index (χ0) is 18.2. The molecule has 0 bridgehead atoms. The van der Waals surface area contributed by atoms with Gasteiger partial charge in [0.15, 0.2) is 11.5 Å². The lowest BCUT2D eigenvalue weighted by molar-refractivity contribution is -0.137. The molecule has 0 radical (unpaired) electrons. The van der Waals surface area contributed by atoms with Crippen LogP contribution < -0.4 is 5.32 Å². The third-order valence-electron chi connectivity index (χ3n) is 3.36. The van der Waals surface area contributed by atoms with E-state index in [9.17, 15) is 9.59 Å². The van der Waals surface area contributed by atoms with Crippen LogP contribution in [-0.2, 0) is 22.6 Å². The average molecular weight is 349 g/mol. The Morgan fingerprint density at radius 2 is 2.08 bits per heavy atom. The quantitative estimate of drug-likeness (QED) is 0.742. The molecule has 0 aliphatic rings. The van der Waals surface area contributed by atoms with Crippen molar-refractivity contribution in [2.24, 2.45) is 5.92 Å². The zero-order valence-electron chi connectivity index (χ0n) is 14.7. The van der Waals surface area contributed by atoms with Crippen molar-refractivity contribution in [2.75, 3.05) is 20.3 Å². The summed E-state index contributed by atoms with van der Waals surface area (Å²) in [6, 6.07) is 5.06. The zero-order valence-corrected chi connectivity index (χ0v) is 14.7. The van der Waals surface area contributed by atoms with Gasteiger partial charge in [0.25, 0.3) is 5.91 Å². The predicted molar refractivity (Wildman–Crippen MR) is 88.5 cm³/mol. The standard InChI is InChI=1S/C17H23N3O5/c1-12(2)8-18-17(22)15-7-14(25-19-15)10-20(16(21)11-23-3)9-13-5-4-6-24-13/h4-7,12H,8-11H2,1-3H3,(H,18,22). The summed E-state index contributed by atoms with van der Waals surface area (Å²) in [6.07, 6.45) is 1.54. The maximum absolute atomic E-state index is 12.2. The van der Waals surface area contributed by atoms with E-state index in [0.717, 1.165) is 0 Å². The van der Waals surface area contributed by atoms with Gasteiger partial charge in [0.1, 0.15) is 12.4 Å². The summed E-state index contributed by atoms with van der Waals surface area (Å²) in [4.78, 5) is 25.7. The normalized spacial score (nSPS) is 10.9. The first kappa shape index (κ1) is 18.7. The molecule has 2 aromatic heterocycles. The highest BCUT2D eigenvalue weighted by molar-refractivity contribution is 5.92. The summed E-state index contributed by atoms with van der Waals surface area (Å²) >= 11 is 0. The molecule has 8 nitrogen and oxygen atoms in total. The minimum absolute atomic E-state index is 0.0590.